The highest BCUT2D eigenvalue weighted by molar-refractivity contribution is 6.31. The third-order valence-corrected chi connectivity index (χ3v) is 4.81. The molecule has 1 aromatic heterocycles. The van der Waals surface area contributed by atoms with Gasteiger partial charge in [0.25, 0.3) is 0 Å². The molecule has 0 bridgehead atoms. The smallest absolute Gasteiger partial charge is 0.308 e. The van der Waals surface area contributed by atoms with Gasteiger partial charge >= 0.3 is 5.97 Å². The van der Waals surface area contributed by atoms with Crippen LogP contribution in [0.25, 0.3) is 33.2 Å². The predicted octanol–water partition coefficient (Wildman–Crippen LogP) is 5.94. The third-order valence-electron chi connectivity index (χ3n) is 4.57. The molecule has 0 saturated heterocycles. The molecule has 29 heavy (non-hydrogen) atoms. The van der Waals surface area contributed by atoms with Crippen LogP contribution >= 0.6 is 11.6 Å². The first-order valence-electron chi connectivity index (χ1n) is 8.91. The van der Waals surface area contributed by atoms with Gasteiger partial charge in [-0.2, -0.15) is 0 Å². The average molecular weight is 408 g/mol. The monoisotopic (exact) mass is 407 g/mol. The molecule has 0 radical (unpaired) electrons. The van der Waals surface area contributed by atoms with Gasteiger partial charge < -0.3 is 19.6 Å². The van der Waals surface area contributed by atoms with E-state index in [0.717, 1.165) is 22.4 Å². The van der Waals surface area contributed by atoms with Crippen LogP contribution in [-0.4, -0.2) is 13.1 Å². The van der Waals surface area contributed by atoms with Crippen molar-refractivity contribution in [1.29, 1.82) is 0 Å². The number of furan rings is 1. The van der Waals surface area contributed by atoms with E-state index in [1.807, 2.05) is 42.5 Å². The normalized spacial score (nSPS) is 10.9. The number of hydrogen-bond acceptors (Lipinski definition) is 5. The second kappa shape index (κ2) is 7.53. The van der Waals surface area contributed by atoms with Crippen LogP contribution in [-0.2, 0) is 4.79 Å². The van der Waals surface area contributed by atoms with E-state index in [1.165, 1.54) is 6.92 Å². The SMILES string of the molecule is COc1ccc(-c2cc(OC(C)=O)c3c(-c4cccc(Cl)c4)c(N)oc3c2)cc1. The van der Waals surface area contributed by atoms with Crippen LogP contribution in [0.2, 0.25) is 5.02 Å². The standard InChI is InChI=1S/C23H18ClNO4/c1-13(26)28-19-11-16(14-6-8-18(27-2)9-7-14)12-20-22(19)21(23(25)29-20)15-4-3-5-17(24)10-15/h3-12H,25H2,1-2H3. The first-order chi connectivity index (χ1) is 14.0. The summed E-state index contributed by atoms with van der Waals surface area (Å²) < 4.78 is 16.6. The fourth-order valence-corrected chi connectivity index (χ4v) is 3.52. The molecule has 4 aromatic rings. The van der Waals surface area contributed by atoms with Crippen molar-refractivity contribution >= 4 is 34.4 Å². The summed E-state index contributed by atoms with van der Waals surface area (Å²) in [6, 6.07) is 18.5. The molecule has 0 aliphatic carbocycles. The zero-order valence-corrected chi connectivity index (χ0v) is 16.6. The quantitative estimate of drug-likeness (QED) is 0.335. The maximum absolute atomic E-state index is 11.8. The van der Waals surface area contributed by atoms with Gasteiger partial charge in [0, 0.05) is 11.9 Å². The fraction of sp³-hybridized carbons (Fsp3) is 0.0870. The number of ether oxygens (including phenoxy) is 2. The number of anilines is 1. The number of methoxy groups -OCH3 is 1. The summed E-state index contributed by atoms with van der Waals surface area (Å²) in [7, 11) is 1.61. The summed E-state index contributed by atoms with van der Waals surface area (Å²) in [4.78, 5) is 11.8. The van der Waals surface area contributed by atoms with Crippen molar-refractivity contribution in [2.24, 2.45) is 0 Å². The molecule has 6 heteroatoms. The Hall–Kier alpha value is -3.44. The lowest BCUT2D eigenvalue weighted by Gasteiger charge is -2.09. The molecule has 0 aliphatic rings. The minimum atomic E-state index is -0.435. The first-order valence-corrected chi connectivity index (χ1v) is 9.29. The number of esters is 1. The van der Waals surface area contributed by atoms with Crippen molar-refractivity contribution < 1.29 is 18.7 Å². The molecule has 2 N–H and O–H groups in total. The maximum atomic E-state index is 11.8. The molecule has 4 rings (SSSR count). The van der Waals surface area contributed by atoms with Crippen molar-refractivity contribution in [2.45, 2.75) is 6.92 Å². The van der Waals surface area contributed by atoms with E-state index in [4.69, 9.17) is 31.2 Å². The number of rotatable bonds is 4. The summed E-state index contributed by atoms with van der Waals surface area (Å²) in [5.74, 6) is 0.911. The summed E-state index contributed by atoms with van der Waals surface area (Å²) in [6.07, 6.45) is 0. The summed E-state index contributed by atoms with van der Waals surface area (Å²) >= 11 is 6.15. The van der Waals surface area contributed by atoms with Gasteiger partial charge in [0.2, 0.25) is 0 Å². The van der Waals surface area contributed by atoms with E-state index in [0.29, 0.717) is 27.3 Å². The maximum Gasteiger partial charge on any atom is 0.308 e. The lowest BCUT2D eigenvalue weighted by molar-refractivity contribution is -0.131. The van der Waals surface area contributed by atoms with Crippen molar-refractivity contribution in [3.63, 3.8) is 0 Å². The molecule has 0 spiro atoms. The number of carbonyl (C=O) groups excluding carboxylic acids is 1. The van der Waals surface area contributed by atoms with Gasteiger partial charge in [0.15, 0.2) is 5.88 Å². The number of halogens is 1. The second-order valence-corrected chi connectivity index (χ2v) is 6.96. The Morgan fingerprint density at radius 1 is 1.00 bits per heavy atom. The average Bonchev–Trinajstić information content (AvgIpc) is 3.03. The van der Waals surface area contributed by atoms with Crippen LogP contribution in [0.5, 0.6) is 11.5 Å². The second-order valence-electron chi connectivity index (χ2n) is 6.52. The highest BCUT2D eigenvalue weighted by Gasteiger charge is 2.21. The molecule has 0 saturated carbocycles. The minimum absolute atomic E-state index is 0.225. The first kappa shape index (κ1) is 18.9. The minimum Gasteiger partial charge on any atom is -0.497 e. The largest absolute Gasteiger partial charge is 0.497 e. The van der Waals surface area contributed by atoms with E-state index in [1.54, 1.807) is 25.3 Å². The molecular weight excluding hydrogens is 390 g/mol. The molecule has 1 heterocycles. The molecule has 146 valence electrons. The van der Waals surface area contributed by atoms with E-state index in [9.17, 15) is 4.79 Å². The van der Waals surface area contributed by atoms with Crippen LogP contribution in [0.1, 0.15) is 6.92 Å². The molecule has 5 nitrogen and oxygen atoms in total. The van der Waals surface area contributed by atoms with Crippen molar-refractivity contribution in [3.8, 4) is 33.8 Å². The van der Waals surface area contributed by atoms with Gasteiger partial charge in [-0.05, 0) is 53.1 Å². The van der Waals surface area contributed by atoms with Gasteiger partial charge in [-0.1, -0.05) is 35.9 Å². The Morgan fingerprint density at radius 3 is 2.41 bits per heavy atom. The van der Waals surface area contributed by atoms with Crippen molar-refractivity contribution in [2.75, 3.05) is 12.8 Å². The molecular formula is C23H18ClNO4. The summed E-state index contributed by atoms with van der Waals surface area (Å²) in [5, 5.41) is 1.19. The zero-order chi connectivity index (χ0) is 20.5. The third kappa shape index (κ3) is 3.65. The number of nitrogens with two attached hydrogens (primary N) is 1. The van der Waals surface area contributed by atoms with Crippen LogP contribution in [0, 0.1) is 0 Å². The van der Waals surface area contributed by atoms with Gasteiger partial charge in [-0.15, -0.1) is 0 Å². The molecule has 0 aliphatic heterocycles. The molecule has 0 unspecified atom stereocenters. The van der Waals surface area contributed by atoms with Crippen molar-refractivity contribution in [3.05, 3.63) is 65.7 Å². The van der Waals surface area contributed by atoms with Gasteiger partial charge in [0.1, 0.15) is 17.1 Å². The number of hydrogen-bond donors (Lipinski definition) is 1. The highest BCUT2D eigenvalue weighted by atomic mass is 35.5. The highest BCUT2D eigenvalue weighted by Crippen LogP contribution is 2.44. The Balaban J connectivity index is 1.95. The fourth-order valence-electron chi connectivity index (χ4n) is 3.33. The van der Waals surface area contributed by atoms with E-state index in [-0.39, 0.29) is 5.88 Å². The molecule has 0 amide bonds. The Labute approximate surface area is 172 Å². The number of fused-ring (bicyclic) bond motifs is 1. The van der Waals surface area contributed by atoms with Gasteiger partial charge in [-0.25, -0.2) is 0 Å². The van der Waals surface area contributed by atoms with Crippen LogP contribution in [0.4, 0.5) is 5.88 Å². The number of benzene rings is 3. The van der Waals surface area contributed by atoms with Gasteiger partial charge in [0.05, 0.1) is 18.1 Å². The lowest BCUT2D eigenvalue weighted by Crippen LogP contribution is -2.02. The van der Waals surface area contributed by atoms with E-state index < -0.39 is 5.97 Å². The van der Waals surface area contributed by atoms with Crippen LogP contribution in [0.15, 0.2) is 65.1 Å². The zero-order valence-electron chi connectivity index (χ0n) is 15.9. The molecule has 0 fully saturated rings. The number of nitrogen functional groups attached to an aromatic ring is 1. The molecule has 0 atom stereocenters. The predicted molar refractivity (Wildman–Crippen MR) is 114 cm³/mol. The molecule has 3 aromatic carbocycles. The van der Waals surface area contributed by atoms with E-state index >= 15 is 0 Å². The summed E-state index contributed by atoms with van der Waals surface area (Å²) in [5.41, 5.74) is 9.87. The van der Waals surface area contributed by atoms with Crippen LogP contribution in [0.3, 0.4) is 0 Å². The Kier molecular flexibility index (Phi) is 4.91. The Morgan fingerprint density at radius 2 is 1.76 bits per heavy atom. The van der Waals surface area contributed by atoms with E-state index in [2.05, 4.69) is 0 Å². The summed E-state index contributed by atoms with van der Waals surface area (Å²) in [6.45, 7) is 1.36. The Bertz CT molecular complexity index is 1210. The van der Waals surface area contributed by atoms with Crippen molar-refractivity contribution in [1.82, 2.24) is 0 Å². The van der Waals surface area contributed by atoms with Gasteiger partial charge in [-0.3, -0.25) is 4.79 Å². The topological polar surface area (TPSA) is 74.7 Å². The van der Waals surface area contributed by atoms with Crippen LogP contribution < -0.4 is 15.2 Å². The number of carbonyl (C=O) groups is 1. The lowest BCUT2D eigenvalue weighted by atomic mass is 9.99.